The van der Waals surface area contributed by atoms with Gasteiger partial charge < -0.3 is 18.9 Å². The molecule has 0 aliphatic heterocycles. The standard InChI is InChI=1S/C11H14.C10H12O.2C10H12.2C6H10O2.C5H8O2.C4H8/c1-3-5-11-8-6-10(4-2)7-9-11;1-3-9-4-6-10(7-5-9)8-11-2;1-3-9-5-7-10(4-2)8-6-9;1-3-9-6-5-7-10(4-2)8-9;1-4-8-6(7)5(2)3;1-3-5-8-6(7)4-2;1-3-5(6)7-4-2;1-3-4-2/h4,6-9H,2-3,5H2,1H3;3-7H,1,8H2,2H3;2*3,5-8H,1,4H2,2H3;2,4H2,1,3H3;4H,2-3,5H2,1H3;3H,1,4H2,2H3;3H,1,4H2,2H3. The van der Waals surface area contributed by atoms with Gasteiger partial charge in [-0.1, -0.05) is 215 Å². The summed E-state index contributed by atoms with van der Waals surface area (Å²) < 4.78 is 18.6. The molecule has 0 saturated carbocycles. The Kier molecular flexibility index (Phi) is 50.4. The molecule has 0 atom stereocenters. The van der Waals surface area contributed by atoms with E-state index in [1.165, 1.54) is 51.8 Å². The van der Waals surface area contributed by atoms with Crippen LogP contribution in [0.1, 0.15) is 119 Å². The smallest absolute Gasteiger partial charge is 0.333 e. The van der Waals surface area contributed by atoms with Gasteiger partial charge in [0.15, 0.2) is 0 Å². The fraction of sp³-hybridized carbons (Fsp3) is 0.306. The summed E-state index contributed by atoms with van der Waals surface area (Å²) in [5, 5.41) is 0. The van der Waals surface area contributed by atoms with Crippen molar-refractivity contribution in [1.29, 1.82) is 0 Å². The third kappa shape index (κ3) is 43.5. The van der Waals surface area contributed by atoms with E-state index in [0.29, 0.717) is 32.0 Å². The number of methoxy groups -OCH3 is 1. The van der Waals surface area contributed by atoms with Crippen LogP contribution in [-0.2, 0) is 59.2 Å². The van der Waals surface area contributed by atoms with Crippen molar-refractivity contribution in [1.82, 2.24) is 0 Å². The molecule has 4 rings (SSSR count). The normalized spacial score (nSPS) is 8.77. The highest BCUT2D eigenvalue weighted by molar-refractivity contribution is 5.86. The molecule has 7 nitrogen and oxygen atoms in total. The maximum atomic E-state index is 10.4. The van der Waals surface area contributed by atoms with Gasteiger partial charge in [0, 0.05) is 24.8 Å². The van der Waals surface area contributed by atoms with Gasteiger partial charge in [-0.25, -0.2) is 14.4 Å². The first kappa shape index (κ1) is 68.7. The predicted octanol–water partition coefficient (Wildman–Crippen LogP) is 16.1. The first-order valence-electron chi connectivity index (χ1n) is 23.5. The van der Waals surface area contributed by atoms with Gasteiger partial charge in [-0.3, -0.25) is 0 Å². The molecule has 0 aliphatic rings. The second kappa shape index (κ2) is 50.6. The number of ether oxygens (including phenoxy) is 4. The van der Waals surface area contributed by atoms with Crippen LogP contribution in [0.2, 0.25) is 0 Å². The first-order valence-corrected chi connectivity index (χ1v) is 23.5. The summed E-state index contributed by atoms with van der Waals surface area (Å²) in [6.45, 7) is 45.8. The molecule has 4 aromatic carbocycles. The number of carbonyl (C=O) groups is 3. The summed E-state index contributed by atoms with van der Waals surface area (Å²) >= 11 is 0. The van der Waals surface area contributed by atoms with E-state index in [4.69, 9.17) is 4.74 Å². The Morgan fingerprint density at radius 2 is 0.928 bits per heavy atom. The van der Waals surface area contributed by atoms with Gasteiger partial charge >= 0.3 is 17.9 Å². The fourth-order valence-electron chi connectivity index (χ4n) is 4.57. The van der Waals surface area contributed by atoms with Crippen molar-refractivity contribution in [2.45, 2.75) is 101 Å². The van der Waals surface area contributed by atoms with E-state index in [2.05, 4.69) is 167 Å². The molecule has 69 heavy (non-hydrogen) atoms. The Bertz CT molecular complexity index is 1930. The zero-order valence-corrected chi connectivity index (χ0v) is 43.9. The van der Waals surface area contributed by atoms with E-state index in [9.17, 15) is 14.4 Å². The number of esters is 3. The predicted molar refractivity (Wildman–Crippen MR) is 300 cm³/mol. The Balaban J connectivity index is -0.000000354. The molecule has 0 aromatic heterocycles. The van der Waals surface area contributed by atoms with Crippen LogP contribution >= 0.6 is 0 Å². The Hall–Kier alpha value is -6.83. The highest BCUT2D eigenvalue weighted by Crippen LogP contribution is 2.09. The zero-order valence-electron chi connectivity index (χ0n) is 43.9. The number of hydrogen-bond acceptors (Lipinski definition) is 7. The summed E-state index contributed by atoms with van der Waals surface area (Å²) in [5.74, 6) is -1.01. The minimum Gasteiger partial charge on any atom is -0.463 e. The largest absolute Gasteiger partial charge is 0.463 e. The lowest BCUT2D eigenvalue weighted by Gasteiger charge is -1.98. The van der Waals surface area contributed by atoms with Gasteiger partial charge in [-0.2, -0.15) is 0 Å². The molecule has 0 fully saturated rings. The van der Waals surface area contributed by atoms with Gasteiger partial charge in [0.1, 0.15) is 0 Å². The van der Waals surface area contributed by atoms with Crippen LogP contribution in [0.15, 0.2) is 173 Å². The van der Waals surface area contributed by atoms with Crippen molar-refractivity contribution in [3.8, 4) is 0 Å². The highest BCUT2D eigenvalue weighted by Gasteiger charge is 1.98. The lowest BCUT2D eigenvalue weighted by atomic mass is 10.1. The van der Waals surface area contributed by atoms with E-state index < -0.39 is 0 Å². The lowest BCUT2D eigenvalue weighted by molar-refractivity contribution is -0.139. The van der Waals surface area contributed by atoms with Gasteiger partial charge in [0.2, 0.25) is 0 Å². The number of carbonyl (C=O) groups excluding carboxylic acids is 3. The van der Waals surface area contributed by atoms with Crippen molar-refractivity contribution in [2.24, 2.45) is 0 Å². The topological polar surface area (TPSA) is 88.1 Å². The molecular weight excluding hydrogens is 857 g/mol. The van der Waals surface area contributed by atoms with Crippen LogP contribution in [0, 0.1) is 0 Å². The molecule has 0 heterocycles. The summed E-state index contributed by atoms with van der Waals surface area (Å²) in [6, 6.07) is 33.6. The number of hydrogen-bond donors (Lipinski definition) is 0. The Labute approximate surface area is 419 Å². The molecule has 0 amide bonds. The molecule has 0 saturated heterocycles. The van der Waals surface area contributed by atoms with Crippen LogP contribution < -0.4 is 0 Å². The zero-order chi connectivity index (χ0) is 53.1. The molecule has 0 bridgehead atoms. The molecular formula is C62H86O7. The summed E-state index contributed by atoms with van der Waals surface area (Å²) in [4.78, 5) is 30.7. The fourth-order valence-corrected chi connectivity index (χ4v) is 4.57. The quantitative estimate of drug-likeness (QED) is 0.0425. The number of aryl methyl sites for hydroxylation is 3. The molecule has 376 valence electrons. The second-order valence-corrected chi connectivity index (χ2v) is 14.2. The van der Waals surface area contributed by atoms with Crippen molar-refractivity contribution >= 4 is 42.2 Å². The molecule has 0 aliphatic carbocycles. The average Bonchev–Trinajstić information content (AvgIpc) is 3.39. The van der Waals surface area contributed by atoms with Gasteiger partial charge in [0.05, 0.1) is 26.4 Å². The number of allylic oxidation sites excluding steroid dienone is 1. The molecule has 4 aromatic rings. The minimum atomic E-state index is -0.359. The molecule has 7 heteroatoms. The third-order valence-corrected chi connectivity index (χ3v) is 8.48. The van der Waals surface area contributed by atoms with Crippen LogP contribution in [0.4, 0.5) is 0 Å². The lowest BCUT2D eigenvalue weighted by Crippen LogP contribution is -2.03. The second-order valence-electron chi connectivity index (χ2n) is 14.2. The maximum absolute atomic E-state index is 10.4. The van der Waals surface area contributed by atoms with Crippen molar-refractivity contribution in [3.05, 3.63) is 218 Å². The summed E-state index contributed by atoms with van der Waals surface area (Å²) in [7, 11) is 1.70. The Morgan fingerprint density at radius 1 is 0.507 bits per heavy atom. The maximum Gasteiger partial charge on any atom is 0.333 e. The highest BCUT2D eigenvalue weighted by atomic mass is 16.5. The van der Waals surface area contributed by atoms with E-state index >= 15 is 0 Å². The van der Waals surface area contributed by atoms with Crippen LogP contribution in [0.25, 0.3) is 24.3 Å². The van der Waals surface area contributed by atoms with Crippen molar-refractivity contribution in [2.75, 3.05) is 26.9 Å². The molecule has 0 unspecified atom stereocenters. The van der Waals surface area contributed by atoms with E-state index in [1.54, 1.807) is 27.9 Å². The van der Waals surface area contributed by atoms with E-state index in [0.717, 1.165) is 43.4 Å². The number of rotatable bonds is 18. The van der Waals surface area contributed by atoms with Crippen LogP contribution in [0.5, 0.6) is 0 Å². The third-order valence-electron chi connectivity index (χ3n) is 8.48. The van der Waals surface area contributed by atoms with Crippen molar-refractivity contribution in [3.63, 3.8) is 0 Å². The van der Waals surface area contributed by atoms with Gasteiger partial charge in [0.25, 0.3) is 0 Å². The van der Waals surface area contributed by atoms with E-state index in [1.807, 2.05) is 61.6 Å². The van der Waals surface area contributed by atoms with Gasteiger partial charge in [-0.05, 0) is 97.4 Å². The molecule has 0 N–H and O–H groups in total. The SMILES string of the molecule is C=C(C)C(=O)OCC.C=CC(=O)OCC.C=CC(=O)OCCC.C=CCC.C=Cc1ccc(CC)cc1.C=Cc1ccc(CCC)cc1.C=Cc1ccc(COC)cc1.C=Cc1cccc(CC)c1. The average molecular weight is 943 g/mol. The molecule has 0 spiro atoms. The number of benzene rings is 4. The summed E-state index contributed by atoms with van der Waals surface area (Å²) in [6.07, 6.45) is 18.2. The van der Waals surface area contributed by atoms with Crippen LogP contribution in [0.3, 0.4) is 0 Å². The first-order chi connectivity index (χ1) is 33.2. The minimum absolute atomic E-state index is 0.312. The van der Waals surface area contributed by atoms with Crippen LogP contribution in [-0.4, -0.2) is 44.8 Å². The van der Waals surface area contributed by atoms with E-state index in [-0.39, 0.29) is 17.9 Å². The van der Waals surface area contributed by atoms with Crippen molar-refractivity contribution < 1.29 is 33.3 Å². The van der Waals surface area contributed by atoms with Gasteiger partial charge in [-0.15, -0.1) is 6.58 Å². The molecule has 0 radical (unpaired) electrons. The summed E-state index contributed by atoms with van der Waals surface area (Å²) in [5.41, 5.74) is 10.6. The monoisotopic (exact) mass is 943 g/mol. The Morgan fingerprint density at radius 3 is 1.23 bits per heavy atom.